The summed E-state index contributed by atoms with van der Waals surface area (Å²) in [5.41, 5.74) is 0.939. The fraction of sp³-hybridized carbons (Fsp3) is 0.571. The van der Waals surface area contributed by atoms with E-state index in [9.17, 15) is 14.4 Å². The van der Waals surface area contributed by atoms with Gasteiger partial charge in [0.25, 0.3) is 0 Å². The van der Waals surface area contributed by atoms with Gasteiger partial charge in [-0.25, -0.2) is 4.79 Å². The fourth-order valence-electron chi connectivity index (χ4n) is 3.82. The third-order valence-corrected chi connectivity index (χ3v) is 6.72. The van der Waals surface area contributed by atoms with Crippen LogP contribution >= 0.6 is 11.8 Å². The second-order valence-corrected chi connectivity index (χ2v) is 8.73. The molecule has 2 heterocycles. The van der Waals surface area contributed by atoms with E-state index >= 15 is 0 Å². The van der Waals surface area contributed by atoms with E-state index in [1.54, 1.807) is 19.1 Å². The molecule has 0 aliphatic carbocycles. The van der Waals surface area contributed by atoms with E-state index in [-0.39, 0.29) is 35.1 Å². The van der Waals surface area contributed by atoms with Crippen LogP contribution in [0.3, 0.4) is 0 Å². The molecule has 176 valence electrons. The van der Waals surface area contributed by atoms with Crippen LogP contribution < -0.4 is 20.7 Å². The summed E-state index contributed by atoms with van der Waals surface area (Å²) in [5, 5.41) is 9.25. The topological polar surface area (TPSA) is 112 Å². The van der Waals surface area contributed by atoms with Crippen molar-refractivity contribution in [1.29, 1.82) is 0 Å². The fourth-order valence-corrected chi connectivity index (χ4v) is 4.96. The highest BCUT2D eigenvalue weighted by Gasteiger charge is 2.51. The van der Waals surface area contributed by atoms with Gasteiger partial charge < -0.3 is 19.7 Å². The molecule has 3 N–H and O–H groups in total. The molecular weight excluding hydrogens is 434 g/mol. The van der Waals surface area contributed by atoms with Crippen molar-refractivity contribution in [1.82, 2.24) is 25.8 Å². The smallest absolute Gasteiger partial charge is 0.327 e. The Morgan fingerprint density at radius 1 is 1.19 bits per heavy atom. The molecule has 1 aromatic rings. The lowest BCUT2D eigenvalue weighted by Crippen LogP contribution is -2.72. The normalized spacial score (nSPS) is 25.5. The van der Waals surface area contributed by atoms with E-state index < -0.39 is 12.1 Å². The average Bonchev–Trinajstić information content (AvgIpc) is 2.80. The highest BCUT2D eigenvalue weighted by Crippen LogP contribution is 2.34. The molecule has 10 nitrogen and oxygen atoms in total. The van der Waals surface area contributed by atoms with Crippen LogP contribution in [0.2, 0.25) is 0 Å². The minimum Gasteiger partial charge on any atom is -0.494 e. The minimum absolute atomic E-state index is 0.136. The average molecular weight is 466 g/mol. The number of methoxy groups -OCH3 is 1. The Hall–Kier alpha value is -2.34. The molecule has 0 bridgehead atoms. The van der Waals surface area contributed by atoms with Gasteiger partial charge in [-0.05, 0) is 24.6 Å². The number of ether oxygens (including phenoxy) is 2. The molecule has 4 amide bonds. The lowest BCUT2D eigenvalue weighted by Gasteiger charge is -2.50. The third kappa shape index (κ3) is 5.34. The summed E-state index contributed by atoms with van der Waals surface area (Å²) in [7, 11) is 4.73. The molecule has 0 spiro atoms. The number of carbonyl (C=O) groups is 3. The van der Waals surface area contributed by atoms with Gasteiger partial charge in [0, 0.05) is 27.7 Å². The zero-order valence-corrected chi connectivity index (χ0v) is 19.6. The van der Waals surface area contributed by atoms with Gasteiger partial charge in [-0.15, -0.1) is 11.8 Å². The minimum atomic E-state index is -0.543. The quantitative estimate of drug-likeness (QED) is 0.454. The Morgan fingerprint density at radius 2 is 1.91 bits per heavy atom. The zero-order chi connectivity index (χ0) is 23.3. The van der Waals surface area contributed by atoms with E-state index in [0.29, 0.717) is 19.8 Å². The van der Waals surface area contributed by atoms with Crippen LogP contribution in [-0.4, -0.2) is 85.9 Å². The molecule has 2 fully saturated rings. The van der Waals surface area contributed by atoms with Crippen LogP contribution in [0.15, 0.2) is 24.3 Å². The Labute approximate surface area is 192 Å². The van der Waals surface area contributed by atoms with Gasteiger partial charge in [-0.1, -0.05) is 12.1 Å². The molecule has 32 heavy (non-hydrogen) atoms. The van der Waals surface area contributed by atoms with Gasteiger partial charge in [-0.2, -0.15) is 0 Å². The highest BCUT2D eigenvalue weighted by molar-refractivity contribution is 8.00. The summed E-state index contributed by atoms with van der Waals surface area (Å²) in [4.78, 5) is 40.4. The number of urea groups is 1. The molecular formula is C21H31N5O5S. The van der Waals surface area contributed by atoms with Crippen molar-refractivity contribution in [2.45, 2.75) is 24.6 Å². The zero-order valence-electron chi connectivity index (χ0n) is 18.8. The number of nitrogens with zero attached hydrogens (tertiary/aromatic N) is 2. The molecule has 1 aromatic carbocycles. The maximum absolute atomic E-state index is 13.0. The summed E-state index contributed by atoms with van der Waals surface area (Å²) >= 11 is 1.35. The largest absolute Gasteiger partial charge is 0.494 e. The summed E-state index contributed by atoms with van der Waals surface area (Å²) in [6, 6.07) is 7.28. The van der Waals surface area contributed by atoms with Gasteiger partial charge >= 0.3 is 6.03 Å². The van der Waals surface area contributed by atoms with Crippen LogP contribution in [-0.2, 0) is 14.3 Å². The second kappa shape index (κ2) is 11.0. The number of fused-ring (bicyclic) bond motifs is 1. The SMILES string of the molecule is CCOc1ccc(C2NC(SCC(=O)NCCOC)C3C(=O)N(C)C(=O)N(C)C3N2)cc1. The third-order valence-electron chi connectivity index (χ3n) is 5.50. The number of carbonyl (C=O) groups excluding carboxylic acids is 3. The number of hydrogen-bond acceptors (Lipinski definition) is 8. The highest BCUT2D eigenvalue weighted by atomic mass is 32.2. The van der Waals surface area contributed by atoms with Gasteiger partial charge in [0.1, 0.15) is 5.75 Å². The number of imide groups is 1. The first-order valence-corrected chi connectivity index (χ1v) is 11.6. The monoisotopic (exact) mass is 465 g/mol. The van der Waals surface area contributed by atoms with Crippen LogP contribution in [0.5, 0.6) is 5.75 Å². The molecule has 0 radical (unpaired) electrons. The predicted molar refractivity (Wildman–Crippen MR) is 121 cm³/mol. The van der Waals surface area contributed by atoms with Crippen molar-refractivity contribution in [3.05, 3.63) is 29.8 Å². The van der Waals surface area contributed by atoms with Gasteiger partial charge in [0.05, 0.1) is 42.6 Å². The lowest BCUT2D eigenvalue weighted by atomic mass is 9.96. The van der Waals surface area contributed by atoms with Crippen LogP contribution in [0.1, 0.15) is 18.7 Å². The van der Waals surface area contributed by atoms with Crippen LogP contribution in [0, 0.1) is 5.92 Å². The Balaban J connectivity index is 1.78. The van der Waals surface area contributed by atoms with Crippen molar-refractivity contribution < 1.29 is 23.9 Å². The molecule has 2 aliphatic heterocycles. The number of thioether (sulfide) groups is 1. The van der Waals surface area contributed by atoms with E-state index in [1.807, 2.05) is 31.2 Å². The van der Waals surface area contributed by atoms with E-state index in [2.05, 4.69) is 16.0 Å². The lowest BCUT2D eigenvalue weighted by molar-refractivity contribution is -0.140. The van der Waals surface area contributed by atoms with Crippen molar-refractivity contribution in [3.8, 4) is 5.75 Å². The number of benzene rings is 1. The molecule has 4 atom stereocenters. The molecule has 3 rings (SSSR count). The first kappa shape index (κ1) is 24.3. The number of nitrogens with one attached hydrogen (secondary N) is 3. The van der Waals surface area contributed by atoms with Crippen molar-refractivity contribution in [2.24, 2.45) is 5.92 Å². The summed E-state index contributed by atoms with van der Waals surface area (Å²) < 4.78 is 10.5. The van der Waals surface area contributed by atoms with Crippen LogP contribution in [0.4, 0.5) is 4.79 Å². The number of amides is 4. The summed E-state index contributed by atoms with van der Waals surface area (Å²) in [6.07, 6.45) is -0.814. The Morgan fingerprint density at radius 3 is 2.56 bits per heavy atom. The van der Waals surface area contributed by atoms with Crippen molar-refractivity contribution in [2.75, 3.05) is 46.7 Å². The molecule has 2 aliphatic rings. The van der Waals surface area contributed by atoms with Crippen LogP contribution in [0.25, 0.3) is 0 Å². The maximum atomic E-state index is 13.0. The number of rotatable bonds is 9. The second-order valence-electron chi connectivity index (χ2n) is 7.60. The maximum Gasteiger partial charge on any atom is 0.327 e. The number of hydrogen-bond donors (Lipinski definition) is 3. The van der Waals surface area contributed by atoms with Gasteiger partial charge in [0.15, 0.2) is 0 Å². The van der Waals surface area contributed by atoms with E-state index in [0.717, 1.165) is 16.2 Å². The molecule has 11 heteroatoms. The first-order chi connectivity index (χ1) is 15.4. The van der Waals surface area contributed by atoms with E-state index in [4.69, 9.17) is 9.47 Å². The van der Waals surface area contributed by atoms with Crippen molar-refractivity contribution >= 4 is 29.6 Å². The molecule has 4 unspecified atom stereocenters. The standard InChI is InChI=1S/C21H31N5O5S/c1-5-31-14-8-6-13(7-9-14)17-23-18-16(20(28)26(3)21(29)25(18)2)19(24-17)32-12-15(27)22-10-11-30-4/h6-9,16-19,23-24H,5,10-12H2,1-4H3,(H,22,27). The van der Waals surface area contributed by atoms with Gasteiger partial charge in [0.2, 0.25) is 11.8 Å². The summed E-state index contributed by atoms with van der Waals surface area (Å²) in [5.74, 6) is -0.0122. The molecule has 0 saturated carbocycles. The first-order valence-electron chi connectivity index (χ1n) is 10.5. The summed E-state index contributed by atoms with van der Waals surface area (Å²) in [6.45, 7) is 3.37. The Kier molecular flexibility index (Phi) is 8.35. The Bertz CT molecular complexity index is 823. The molecule has 0 aromatic heterocycles. The molecule has 2 saturated heterocycles. The van der Waals surface area contributed by atoms with Crippen molar-refractivity contribution in [3.63, 3.8) is 0 Å². The van der Waals surface area contributed by atoms with Gasteiger partial charge in [-0.3, -0.25) is 25.1 Å². The van der Waals surface area contributed by atoms with E-state index in [1.165, 1.54) is 18.8 Å². The predicted octanol–water partition coefficient (Wildman–Crippen LogP) is 0.565.